The number of hydrogen-bond acceptors (Lipinski definition) is 1. The average Bonchev–Trinajstić information content (AvgIpc) is 2.41. The normalized spacial score (nSPS) is 10.3. The molecule has 2 aromatic rings. The molecule has 0 radical (unpaired) electrons. The second-order valence-electron chi connectivity index (χ2n) is 4.97. The van der Waals surface area contributed by atoms with Crippen molar-refractivity contribution in [1.29, 1.82) is 0 Å². The zero-order valence-electron chi connectivity index (χ0n) is 12.0. The van der Waals surface area contributed by atoms with Crippen LogP contribution < -0.4 is 5.32 Å². The quantitative estimate of drug-likeness (QED) is 0.810. The Balaban J connectivity index is 2.17. The number of rotatable bonds is 4. The van der Waals surface area contributed by atoms with E-state index in [0.29, 0.717) is 0 Å². The average molecular weight is 251 g/mol. The second kappa shape index (κ2) is 5.75. The lowest BCUT2D eigenvalue weighted by Gasteiger charge is -2.13. The van der Waals surface area contributed by atoms with Crippen molar-refractivity contribution in [1.82, 2.24) is 0 Å². The lowest BCUT2D eigenvalue weighted by Crippen LogP contribution is -1.99. The summed E-state index contributed by atoms with van der Waals surface area (Å²) in [4.78, 5) is 0. The Labute approximate surface area is 116 Å². The fourth-order valence-corrected chi connectivity index (χ4v) is 2.08. The van der Waals surface area contributed by atoms with Gasteiger partial charge in [-0.3, -0.25) is 0 Å². The standard InChI is InChI=1S/C18H21N/c1-5-16-8-11-18(14(3)12-16)19-15(4)17-9-6-13(2)7-10-17/h6-12,19H,4-5H2,1-3H3. The maximum absolute atomic E-state index is 4.12. The molecule has 0 aliphatic heterocycles. The summed E-state index contributed by atoms with van der Waals surface area (Å²) in [5.41, 5.74) is 7.08. The van der Waals surface area contributed by atoms with Gasteiger partial charge in [-0.05, 0) is 43.0 Å². The Bertz CT molecular complexity index is 579. The summed E-state index contributed by atoms with van der Waals surface area (Å²) in [7, 11) is 0. The molecule has 0 saturated carbocycles. The van der Waals surface area contributed by atoms with Crippen LogP contribution in [0.1, 0.15) is 29.2 Å². The second-order valence-corrected chi connectivity index (χ2v) is 4.97. The minimum absolute atomic E-state index is 0.937. The summed E-state index contributed by atoms with van der Waals surface area (Å²) in [5, 5.41) is 3.40. The van der Waals surface area contributed by atoms with Gasteiger partial charge in [-0.15, -0.1) is 0 Å². The number of hydrogen-bond donors (Lipinski definition) is 1. The minimum Gasteiger partial charge on any atom is -0.355 e. The van der Waals surface area contributed by atoms with Gasteiger partial charge in [-0.2, -0.15) is 0 Å². The predicted molar refractivity (Wildman–Crippen MR) is 84.4 cm³/mol. The summed E-state index contributed by atoms with van der Waals surface area (Å²) in [6.45, 7) is 10.5. The molecule has 1 N–H and O–H groups in total. The van der Waals surface area contributed by atoms with E-state index in [2.05, 4.69) is 75.1 Å². The molecule has 0 fully saturated rings. The Morgan fingerprint density at radius 2 is 1.74 bits per heavy atom. The van der Waals surface area contributed by atoms with Crippen molar-refractivity contribution >= 4 is 11.4 Å². The van der Waals surface area contributed by atoms with Crippen LogP contribution in [-0.2, 0) is 6.42 Å². The van der Waals surface area contributed by atoms with E-state index in [1.165, 1.54) is 16.7 Å². The van der Waals surface area contributed by atoms with E-state index in [1.54, 1.807) is 0 Å². The SMILES string of the molecule is C=C(Nc1ccc(CC)cc1C)c1ccc(C)cc1. The third-order valence-electron chi connectivity index (χ3n) is 3.38. The van der Waals surface area contributed by atoms with Crippen LogP contribution in [0, 0.1) is 13.8 Å². The minimum atomic E-state index is 0.937. The Kier molecular flexibility index (Phi) is 4.06. The van der Waals surface area contributed by atoms with Crippen LogP contribution >= 0.6 is 0 Å². The zero-order valence-corrected chi connectivity index (χ0v) is 12.0. The largest absolute Gasteiger partial charge is 0.355 e. The van der Waals surface area contributed by atoms with E-state index < -0.39 is 0 Å². The maximum atomic E-state index is 4.12. The molecule has 0 heterocycles. The Morgan fingerprint density at radius 3 is 2.32 bits per heavy atom. The summed E-state index contributed by atoms with van der Waals surface area (Å²) in [5.74, 6) is 0. The highest BCUT2D eigenvalue weighted by Gasteiger charge is 2.03. The highest BCUT2D eigenvalue weighted by molar-refractivity contribution is 5.76. The molecule has 2 aromatic carbocycles. The van der Waals surface area contributed by atoms with Gasteiger partial charge in [0.1, 0.15) is 0 Å². The molecule has 0 unspecified atom stereocenters. The van der Waals surface area contributed by atoms with Crippen molar-refractivity contribution in [2.75, 3.05) is 5.32 Å². The van der Waals surface area contributed by atoms with Gasteiger partial charge < -0.3 is 5.32 Å². The van der Waals surface area contributed by atoms with E-state index in [0.717, 1.165) is 23.4 Å². The highest BCUT2D eigenvalue weighted by Crippen LogP contribution is 2.22. The molecule has 0 spiro atoms. The van der Waals surface area contributed by atoms with Gasteiger partial charge >= 0.3 is 0 Å². The third kappa shape index (κ3) is 3.25. The van der Waals surface area contributed by atoms with Crippen molar-refractivity contribution in [2.45, 2.75) is 27.2 Å². The first-order valence-electron chi connectivity index (χ1n) is 6.72. The maximum Gasteiger partial charge on any atom is 0.0414 e. The van der Waals surface area contributed by atoms with Crippen molar-refractivity contribution in [3.63, 3.8) is 0 Å². The number of nitrogens with one attached hydrogen (secondary N) is 1. The highest BCUT2D eigenvalue weighted by atomic mass is 14.9. The topological polar surface area (TPSA) is 12.0 Å². The molecule has 2 rings (SSSR count). The van der Waals surface area contributed by atoms with Crippen molar-refractivity contribution in [2.24, 2.45) is 0 Å². The molecule has 0 bridgehead atoms. The van der Waals surface area contributed by atoms with Crippen LogP contribution in [0.4, 0.5) is 5.69 Å². The van der Waals surface area contributed by atoms with E-state index >= 15 is 0 Å². The third-order valence-corrected chi connectivity index (χ3v) is 3.38. The lowest BCUT2D eigenvalue weighted by molar-refractivity contribution is 1.13. The Hall–Kier alpha value is -2.02. The van der Waals surface area contributed by atoms with Crippen molar-refractivity contribution in [3.05, 3.63) is 71.3 Å². The van der Waals surface area contributed by atoms with Crippen LogP contribution in [0.25, 0.3) is 5.70 Å². The van der Waals surface area contributed by atoms with Gasteiger partial charge in [0, 0.05) is 11.4 Å². The van der Waals surface area contributed by atoms with Crippen molar-refractivity contribution < 1.29 is 0 Å². The van der Waals surface area contributed by atoms with E-state index in [-0.39, 0.29) is 0 Å². The van der Waals surface area contributed by atoms with Crippen LogP contribution in [-0.4, -0.2) is 0 Å². The molecule has 0 aliphatic rings. The molecule has 0 aromatic heterocycles. The van der Waals surface area contributed by atoms with Gasteiger partial charge in [-0.1, -0.05) is 55.5 Å². The van der Waals surface area contributed by atoms with E-state index in [4.69, 9.17) is 0 Å². The molecule has 1 nitrogen and oxygen atoms in total. The number of aryl methyl sites for hydroxylation is 3. The van der Waals surface area contributed by atoms with Crippen LogP contribution in [0.3, 0.4) is 0 Å². The smallest absolute Gasteiger partial charge is 0.0414 e. The van der Waals surface area contributed by atoms with E-state index in [9.17, 15) is 0 Å². The van der Waals surface area contributed by atoms with Gasteiger partial charge in [0.15, 0.2) is 0 Å². The van der Waals surface area contributed by atoms with Gasteiger partial charge in [0.25, 0.3) is 0 Å². The monoisotopic (exact) mass is 251 g/mol. The van der Waals surface area contributed by atoms with E-state index in [1.807, 2.05) is 0 Å². The van der Waals surface area contributed by atoms with Crippen LogP contribution in [0.5, 0.6) is 0 Å². The summed E-state index contributed by atoms with van der Waals surface area (Å²) >= 11 is 0. The summed E-state index contributed by atoms with van der Waals surface area (Å²) in [6.07, 6.45) is 1.07. The fraction of sp³-hybridized carbons (Fsp3) is 0.222. The molecule has 0 aliphatic carbocycles. The predicted octanol–water partition coefficient (Wildman–Crippen LogP) is 4.95. The first-order valence-corrected chi connectivity index (χ1v) is 6.72. The van der Waals surface area contributed by atoms with Crippen molar-refractivity contribution in [3.8, 4) is 0 Å². The molecule has 0 saturated heterocycles. The van der Waals surface area contributed by atoms with Gasteiger partial charge in [0.2, 0.25) is 0 Å². The first-order chi connectivity index (χ1) is 9.10. The van der Waals surface area contributed by atoms with Crippen LogP contribution in [0.15, 0.2) is 49.0 Å². The zero-order chi connectivity index (χ0) is 13.8. The molecule has 1 heteroatoms. The lowest BCUT2D eigenvalue weighted by atomic mass is 10.1. The molecule has 0 amide bonds. The molecule has 19 heavy (non-hydrogen) atoms. The number of anilines is 1. The Morgan fingerprint density at radius 1 is 1.05 bits per heavy atom. The van der Waals surface area contributed by atoms with Gasteiger partial charge in [-0.25, -0.2) is 0 Å². The van der Waals surface area contributed by atoms with Crippen LogP contribution in [0.2, 0.25) is 0 Å². The molecular formula is C18H21N. The first kappa shape index (κ1) is 13.4. The molecule has 98 valence electrons. The summed E-state index contributed by atoms with van der Waals surface area (Å²) < 4.78 is 0. The summed E-state index contributed by atoms with van der Waals surface area (Å²) in [6, 6.07) is 14.9. The molecular weight excluding hydrogens is 230 g/mol. The number of benzene rings is 2. The fourth-order valence-electron chi connectivity index (χ4n) is 2.08. The van der Waals surface area contributed by atoms with Gasteiger partial charge in [0.05, 0.1) is 0 Å². The molecule has 0 atom stereocenters.